The van der Waals surface area contributed by atoms with Gasteiger partial charge in [-0.25, -0.2) is 0 Å². The van der Waals surface area contributed by atoms with Gasteiger partial charge in [-0.05, 0) is 32.1 Å². The maximum absolute atomic E-state index is 11.9. The summed E-state index contributed by atoms with van der Waals surface area (Å²) >= 11 is 0. The maximum Gasteiger partial charge on any atom is 0.238 e. The summed E-state index contributed by atoms with van der Waals surface area (Å²) in [5, 5.41) is 3.27. The zero-order valence-electron chi connectivity index (χ0n) is 10.2. The van der Waals surface area contributed by atoms with Gasteiger partial charge in [0.2, 0.25) is 5.91 Å². The van der Waals surface area contributed by atoms with Crippen molar-refractivity contribution in [2.24, 2.45) is 5.92 Å². The number of nitrogens with one attached hydrogen (secondary N) is 1. The van der Waals surface area contributed by atoms with Gasteiger partial charge >= 0.3 is 0 Å². The van der Waals surface area contributed by atoms with Gasteiger partial charge in [-0.3, -0.25) is 10.1 Å². The third-order valence-electron chi connectivity index (χ3n) is 3.89. The molecule has 2 rings (SSSR count). The van der Waals surface area contributed by atoms with Crippen molar-refractivity contribution in [2.75, 3.05) is 19.8 Å². The highest BCUT2D eigenvalue weighted by molar-refractivity contribution is 5.81. The van der Waals surface area contributed by atoms with Crippen LogP contribution in [0.5, 0.6) is 0 Å². The van der Waals surface area contributed by atoms with Gasteiger partial charge < -0.3 is 9.64 Å². The Bertz CT molecular complexity index is 251. The molecule has 4 nitrogen and oxygen atoms in total. The highest BCUT2D eigenvalue weighted by Crippen LogP contribution is 2.25. The van der Waals surface area contributed by atoms with Gasteiger partial charge in [0, 0.05) is 19.3 Å². The van der Waals surface area contributed by atoms with Crippen LogP contribution in [0.1, 0.15) is 33.1 Å². The number of carbonyl (C=O) groups is 1. The van der Waals surface area contributed by atoms with Crippen LogP contribution in [-0.4, -0.2) is 42.8 Å². The van der Waals surface area contributed by atoms with E-state index in [4.69, 9.17) is 4.74 Å². The molecule has 1 amide bonds. The van der Waals surface area contributed by atoms with Crippen LogP contribution in [0.4, 0.5) is 0 Å². The van der Waals surface area contributed by atoms with Crippen LogP contribution in [-0.2, 0) is 9.53 Å². The van der Waals surface area contributed by atoms with Crippen molar-refractivity contribution in [2.45, 2.75) is 45.3 Å². The number of ether oxygens (including phenoxy) is 1. The highest BCUT2D eigenvalue weighted by atomic mass is 16.5. The van der Waals surface area contributed by atoms with Gasteiger partial charge in [0.05, 0.1) is 12.7 Å². The molecule has 0 aromatic heterocycles. The number of nitrogens with zero attached hydrogens (tertiary/aromatic N) is 1. The van der Waals surface area contributed by atoms with Gasteiger partial charge in [-0.1, -0.05) is 6.92 Å². The summed E-state index contributed by atoms with van der Waals surface area (Å²) in [6.07, 6.45) is 3.40. The zero-order valence-corrected chi connectivity index (χ0v) is 10.2. The summed E-state index contributed by atoms with van der Waals surface area (Å²) in [5.74, 6) is 0.859. The van der Waals surface area contributed by atoms with Crippen LogP contribution in [0, 0.1) is 5.92 Å². The van der Waals surface area contributed by atoms with E-state index in [-0.39, 0.29) is 12.1 Å². The van der Waals surface area contributed by atoms with Gasteiger partial charge in [0.1, 0.15) is 0 Å². The smallest absolute Gasteiger partial charge is 0.238 e. The first kappa shape index (κ1) is 11.9. The van der Waals surface area contributed by atoms with E-state index in [0.717, 1.165) is 32.5 Å². The van der Waals surface area contributed by atoms with Gasteiger partial charge in [0.15, 0.2) is 0 Å². The first-order chi connectivity index (χ1) is 7.74. The molecule has 4 heteroatoms. The van der Waals surface area contributed by atoms with Gasteiger partial charge in [-0.2, -0.15) is 0 Å². The first-order valence-corrected chi connectivity index (χ1v) is 6.36. The number of amides is 1. The fourth-order valence-electron chi connectivity index (χ4n) is 2.85. The van der Waals surface area contributed by atoms with Crippen LogP contribution in [0.2, 0.25) is 0 Å². The van der Waals surface area contributed by atoms with E-state index in [2.05, 4.69) is 24.1 Å². The lowest BCUT2D eigenvalue weighted by Gasteiger charge is -2.37. The minimum absolute atomic E-state index is 0.241. The van der Waals surface area contributed by atoms with Crippen LogP contribution in [0.15, 0.2) is 0 Å². The molecule has 0 saturated carbocycles. The van der Waals surface area contributed by atoms with E-state index < -0.39 is 0 Å². The molecular weight excluding hydrogens is 204 g/mol. The predicted octanol–water partition coefficient (Wildman–Crippen LogP) is 0.969. The van der Waals surface area contributed by atoms with Crippen molar-refractivity contribution in [1.29, 1.82) is 0 Å². The molecule has 16 heavy (non-hydrogen) atoms. The Morgan fingerprint density at radius 1 is 1.50 bits per heavy atom. The predicted molar refractivity (Wildman–Crippen MR) is 61.9 cm³/mol. The summed E-state index contributed by atoms with van der Waals surface area (Å²) in [6.45, 7) is 6.51. The summed E-state index contributed by atoms with van der Waals surface area (Å²) < 4.78 is 5.37. The first-order valence-electron chi connectivity index (χ1n) is 6.36. The molecule has 2 aliphatic rings. The highest BCUT2D eigenvalue weighted by Gasteiger charge is 2.36. The third-order valence-corrected chi connectivity index (χ3v) is 3.89. The monoisotopic (exact) mass is 226 g/mol. The van der Waals surface area contributed by atoms with E-state index in [1.807, 2.05) is 0 Å². The average molecular weight is 226 g/mol. The number of carbonyl (C=O) groups excluding carboxylic acids is 1. The molecule has 0 spiro atoms. The van der Waals surface area contributed by atoms with Crippen LogP contribution in [0.3, 0.4) is 0 Å². The average Bonchev–Trinajstić information content (AvgIpc) is 2.70. The molecule has 0 radical (unpaired) electrons. The standard InChI is InChI=1S/C12H22N2O2/c1-3-11-13-8-12(15)14(11)9(2)10-4-6-16-7-5-10/h9-11,13H,3-8H2,1-2H3. The summed E-state index contributed by atoms with van der Waals surface area (Å²) in [5.41, 5.74) is 0. The molecule has 0 aromatic rings. The third kappa shape index (κ3) is 2.23. The Morgan fingerprint density at radius 3 is 2.81 bits per heavy atom. The quantitative estimate of drug-likeness (QED) is 0.779. The lowest BCUT2D eigenvalue weighted by atomic mass is 9.91. The molecular formula is C12H22N2O2. The second kappa shape index (κ2) is 5.15. The Kier molecular flexibility index (Phi) is 3.82. The second-order valence-electron chi connectivity index (χ2n) is 4.80. The van der Waals surface area contributed by atoms with Gasteiger partial charge in [-0.15, -0.1) is 0 Å². The maximum atomic E-state index is 11.9. The largest absolute Gasteiger partial charge is 0.381 e. The minimum Gasteiger partial charge on any atom is -0.381 e. The van der Waals surface area contributed by atoms with Crippen LogP contribution < -0.4 is 5.32 Å². The zero-order chi connectivity index (χ0) is 11.5. The van der Waals surface area contributed by atoms with E-state index in [1.165, 1.54) is 0 Å². The molecule has 2 aliphatic heterocycles. The van der Waals surface area contributed by atoms with Crippen molar-refractivity contribution in [3.05, 3.63) is 0 Å². The lowest BCUT2D eigenvalue weighted by Crippen LogP contribution is -2.47. The Morgan fingerprint density at radius 2 is 2.19 bits per heavy atom. The van der Waals surface area contributed by atoms with Crippen molar-refractivity contribution in [1.82, 2.24) is 10.2 Å². The molecule has 92 valence electrons. The number of hydrogen-bond donors (Lipinski definition) is 1. The number of hydrogen-bond acceptors (Lipinski definition) is 3. The van der Waals surface area contributed by atoms with Crippen LogP contribution in [0.25, 0.3) is 0 Å². The molecule has 0 aromatic carbocycles. The fourth-order valence-corrected chi connectivity index (χ4v) is 2.85. The van der Waals surface area contributed by atoms with Crippen molar-refractivity contribution >= 4 is 5.91 Å². The molecule has 0 bridgehead atoms. The molecule has 2 fully saturated rings. The van der Waals surface area contributed by atoms with E-state index >= 15 is 0 Å². The summed E-state index contributed by atoms with van der Waals surface area (Å²) in [6, 6.07) is 0.344. The summed E-state index contributed by atoms with van der Waals surface area (Å²) in [7, 11) is 0. The fraction of sp³-hybridized carbons (Fsp3) is 0.917. The Labute approximate surface area is 97.3 Å². The summed E-state index contributed by atoms with van der Waals surface area (Å²) in [4.78, 5) is 13.9. The number of rotatable bonds is 3. The van der Waals surface area contributed by atoms with Crippen molar-refractivity contribution in [3.8, 4) is 0 Å². The Balaban J connectivity index is 2.00. The van der Waals surface area contributed by atoms with Crippen molar-refractivity contribution < 1.29 is 9.53 Å². The van der Waals surface area contributed by atoms with Crippen LogP contribution >= 0.6 is 0 Å². The molecule has 0 aliphatic carbocycles. The minimum atomic E-state index is 0.241. The van der Waals surface area contributed by atoms with E-state index in [0.29, 0.717) is 18.5 Å². The topological polar surface area (TPSA) is 41.6 Å². The SMILES string of the molecule is CCC1NCC(=O)N1C(C)C1CCOCC1. The molecule has 2 atom stereocenters. The van der Waals surface area contributed by atoms with Crippen molar-refractivity contribution in [3.63, 3.8) is 0 Å². The van der Waals surface area contributed by atoms with E-state index in [9.17, 15) is 4.79 Å². The normalized spacial score (nSPS) is 29.8. The molecule has 2 saturated heterocycles. The Hall–Kier alpha value is -0.610. The lowest BCUT2D eigenvalue weighted by molar-refractivity contribution is -0.131. The molecule has 1 N–H and O–H groups in total. The molecule has 2 heterocycles. The van der Waals surface area contributed by atoms with Gasteiger partial charge in [0.25, 0.3) is 0 Å². The second-order valence-corrected chi connectivity index (χ2v) is 4.80. The van der Waals surface area contributed by atoms with E-state index in [1.54, 1.807) is 0 Å². The molecule has 2 unspecified atom stereocenters.